The van der Waals surface area contributed by atoms with Crippen LogP contribution in [0.5, 0.6) is 5.75 Å². The molecule has 1 amide bonds. The normalized spacial score (nSPS) is 12.0. The van der Waals surface area contributed by atoms with E-state index in [9.17, 15) is 9.18 Å². The average molecular weight is 432 g/mol. The van der Waals surface area contributed by atoms with E-state index in [0.29, 0.717) is 34.1 Å². The molecular formula is C25H25FN4O2. The second-order valence-electron chi connectivity index (χ2n) is 7.84. The van der Waals surface area contributed by atoms with Gasteiger partial charge in [-0.2, -0.15) is 4.80 Å². The Morgan fingerprint density at radius 2 is 1.72 bits per heavy atom. The maximum atomic E-state index is 13.2. The lowest BCUT2D eigenvalue weighted by molar-refractivity contribution is -0.118. The number of nitrogens with one attached hydrogen (secondary N) is 1. The van der Waals surface area contributed by atoms with Crippen LogP contribution in [0.15, 0.2) is 60.7 Å². The van der Waals surface area contributed by atoms with E-state index in [4.69, 9.17) is 4.74 Å². The highest BCUT2D eigenvalue weighted by Crippen LogP contribution is 2.23. The van der Waals surface area contributed by atoms with E-state index >= 15 is 0 Å². The summed E-state index contributed by atoms with van der Waals surface area (Å²) in [6.07, 6.45) is 1.07. The molecule has 0 spiro atoms. The van der Waals surface area contributed by atoms with Crippen molar-refractivity contribution in [3.05, 3.63) is 77.6 Å². The van der Waals surface area contributed by atoms with Crippen LogP contribution in [-0.2, 0) is 4.79 Å². The number of hydrogen-bond donors (Lipinski definition) is 1. The molecule has 0 fully saturated rings. The number of carbonyl (C=O) groups is 1. The number of halogens is 1. The van der Waals surface area contributed by atoms with Crippen LogP contribution in [0, 0.1) is 12.7 Å². The summed E-state index contributed by atoms with van der Waals surface area (Å²) in [4.78, 5) is 13.9. The third-order valence-corrected chi connectivity index (χ3v) is 5.49. The number of amides is 1. The topological polar surface area (TPSA) is 69.0 Å². The molecule has 0 unspecified atom stereocenters. The first-order valence-corrected chi connectivity index (χ1v) is 10.6. The summed E-state index contributed by atoms with van der Waals surface area (Å²) in [5, 5.41) is 11.8. The first-order valence-electron chi connectivity index (χ1n) is 10.6. The van der Waals surface area contributed by atoms with Crippen molar-refractivity contribution in [1.82, 2.24) is 15.0 Å². The molecule has 6 nitrogen and oxygen atoms in total. The number of anilines is 1. The molecule has 0 aliphatic carbocycles. The molecule has 4 aromatic rings. The molecule has 32 heavy (non-hydrogen) atoms. The van der Waals surface area contributed by atoms with Gasteiger partial charge >= 0.3 is 0 Å². The van der Waals surface area contributed by atoms with Gasteiger partial charge in [-0.25, -0.2) is 4.39 Å². The third-order valence-electron chi connectivity index (χ3n) is 5.49. The van der Waals surface area contributed by atoms with Gasteiger partial charge in [-0.3, -0.25) is 4.79 Å². The molecule has 0 radical (unpaired) electrons. The summed E-state index contributed by atoms with van der Waals surface area (Å²) in [6.45, 7) is 6.13. The van der Waals surface area contributed by atoms with Crippen molar-refractivity contribution in [2.75, 3.05) is 11.9 Å². The number of ether oxygens (including phenoxy) is 1. The largest absolute Gasteiger partial charge is 0.484 e. The van der Waals surface area contributed by atoms with Crippen LogP contribution in [0.4, 0.5) is 10.1 Å². The monoisotopic (exact) mass is 432 g/mol. The quantitative estimate of drug-likeness (QED) is 0.425. The van der Waals surface area contributed by atoms with Crippen LogP contribution in [0.2, 0.25) is 0 Å². The second kappa shape index (κ2) is 9.18. The van der Waals surface area contributed by atoms with Gasteiger partial charge < -0.3 is 10.1 Å². The highest BCUT2D eigenvalue weighted by molar-refractivity contribution is 5.95. The van der Waals surface area contributed by atoms with Gasteiger partial charge in [-0.05, 0) is 78.9 Å². The highest BCUT2D eigenvalue weighted by atomic mass is 19.1. The first-order chi connectivity index (χ1) is 15.4. The van der Waals surface area contributed by atoms with E-state index in [0.717, 1.165) is 12.0 Å². The van der Waals surface area contributed by atoms with Crippen molar-refractivity contribution in [2.45, 2.75) is 33.1 Å². The molecule has 7 heteroatoms. The Labute approximate surface area is 186 Å². The smallest absolute Gasteiger partial charge is 0.262 e. The second-order valence-corrected chi connectivity index (χ2v) is 7.84. The maximum absolute atomic E-state index is 13.2. The number of aromatic nitrogens is 3. The van der Waals surface area contributed by atoms with Crippen molar-refractivity contribution in [3.63, 3.8) is 0 Å². The van der Waals surface area contributed by atoms with E-state index in [1.807, 2.05) is 37.3 Å². The summed E-state index contributed by atoms with van der Waals surface area (Å²) < 4.78 is 18.8. The molecule has 0 saturated heterocycles. The predicted molar refractivity (Wildman–Crippen MR) is 123 cm³/mol. The van der Waals surface area contributed by atoms with E-state index in [1.165, 1.54) is 22.5 Å². The number of benzene rings is 3. The van der Waals surface area contributed by atoms with Crippen LogP contribution in [-0.4, -0.2) is 27.5 Å². The fraction of sp³-hybridized carbons (Fsp3) is 0.240. The van der Waals surface area contributed by atoms with Gasteiger partial charge in [0.2, 0.25) is 0 Å². The number of nitrogens with zero attached hydrogens (tertiary/aromatic N) is 3. The summed E-state index contributed by atoms with van der Waals surface area (Å²) in [7, 11) is 0. The van der Waals surface area contributed by atoms with Gasteiger partial charge in [0.15, 0.2) is 6.61 Å². The van der Waals surface area contributed by atoms with Crippen LogP contribution in [0.25, 0.3) is 16.7 Å². The molecule has 1 atom stereocenters. The van der Waals surface area contributed by atoms with Crippen LogP contribution >= 0.6 is 0 Å². The lowest BCUT2D eigenvalue weighted by Crippen LogP contribution is -2.20. The Morgan fingerprint density at radius 1 is 1.06 bits per heavy atom. The fourth-order valence-electron chi connectivity index (χ4n) is 3.36. The van der Waals surface area contributed by atoms with Gasteiger partial charge in [0, 0.05) is 5.69 Å². The Kier molecular flexibility index (Phi) is 6.16. The van der Waals surface area contributed by atoms with Gasteiger partial charge in [0.25, 0.3) is 5.91 Å². The SMILES string of the molecule is CC[C@H](C)c1ccc(OCC(=O)Nc2cc3nn(-c4ccc(F)cc4)nc3cc2C)cc1. The molecule has 1 aromatic heterocycles. The molecule has 0 aliphatic heterocycles. The zero-order valence-electron chi connectivity index (χ0n) is 18.3. The Balaban J connectivity index is 1.43. The van der Waals surface area contributed by atoms with Crippen molar-refractivity contribution in [1.29, 1.82) is 0 Å². The average Bonchev–Trinajstić information content (AvgIpc) is 3.20. The molecular weight excluding hydrogens is 407 g/mol. The third kappa shape index (κ3) is 4.77. The van der Waals surface area contributed by atoms with Gasteiger partial charge in [-0.15, -0.1) is 10.2 Å². The summed E-state index contributed by atoms with van der Waals surface area (Å²) in [5.74, 6) is 0.567. The summed E-state index contributed by atoms with van der Waals surface area (Å²) in [5.41, 5.74) is 4.71. The summed E-state index contributed by atoms with van der Waals surface area (Å²) >= 11 is 0. The lowest BCUT2D eigenvalue weighted by Gasteiger charge is -2.11. The Hall–Kier alpha value is -3.74. The molecule has 1 N–H and O–H groups in total. The van der Waals surface area contributed by atoms with E-state index in [-0.39, 0.29) is 18.3 Å². The minimum Gasteiger partial charge on any atom is -0.484 e. The standard InChI is InChI=1S/C25H25FN4O2/c1-4-16(2)18-5-11-21(12-6-18)32-15-25(31)27-22-14-24-23(13-17(22)3)28-30(29-24)20-9-7-19(26)8-10-20/h5-14,16H,4,15H2,1-3H3,(H,27,31)/t16-/m0/s1. The van der Waals surface area contributed by atoms with Gasteiger partial charge in [0.1, 0.15) is 22.6 Å². The van der Waals surface area contributed by atoms with Crippen LogP contribution < -0.4 is 10.1 Å². The number of hydrogen-bond acceptors (Lipinski definition) is 4. The van der Waals surface area contributed by atoms with Crippen molar-refractivity contribution >= 4 is 22.6 Å². The molecule has 164 valence electrons. The van der Waals surface area contributed by atoms with Crippen molar-refractivity contribution in [3.8, 4) is 11.4 Å². The molecule has 1 heterocycles. The van der Waals surface area contributed by atoms with E-state index in [1.54, 1.807) is 18.2 Å². The van der Waals surface area contributed by atoms with Crippen molar-refractivity contribution in [2.24, 2.45) is 0 Å². The molecule has 0 aliphatic rings. The Morgan fingerprint density at radius 3 is 2.38 bits per heavy atom. The van der Waals surface area contributed by atoms with Gasteiger partial charge in [-0.1, -0.05) is 26.0 Å². The first kappa shape index (κ1) is 21.5. The number of aryl methyl sites for hydroxylation is 1. The fourth-order valence-corrected chi connectivity index (χ4v) is 3.36. The Bertz CT molecular complexity index is 1230. The zero-order chi connectivity index (χ0) is 22.7. The zero-order valence-corrected chi connectivity index (χ0v) is 18.3. The molecule has 0 saturated carbocycles. The number of carbonyl (C=O) groups excluding carboxylic acids is 1. The number of fused-ring (bicyclic) bond motifs is 1. The molecule has 0 bridgehead atoms. The highest BCUT2D eigenvalue weighted by Gasteiger charge is 2.12. The van der Waals surface area contributed by atoms with E-state index < -0.39 is 0 Å². The number of rotatable bonds is 7. The maximum Gasteiger partial charge on any atom is 0.262 e. The van der Waals surface area contributed by atoms with Crippen molar-refractivity contribution < 1.29 is 13.9 Å². The van der Waals surface area contributed by atoms with Crippen LogP contribution in [0.3, 0.4) is 0 Å². The predicted octanol–water partition coefficient (Wildman–Crippen LogP) is 5.40. The van der Waals surface area contributed by atoms with Gasteiger partial charge in [0.05, 0.1) is 5.69 Å². The lowest BCUT2D eigenvalue weighted by atomic mass is 9.99. The van der Waals surface area contributed by atoms with E-state index in [2.05, 4.69) is 29.4 Å². The van der Waals surface area contributed by atoms with Crippen LogP contribution in [0.1, 0.15) is 37.3 Å². The molecule has 3 aromatic carbocycles. The minimum atomic E-state index is -0.319. The minimum absolute atomic E-state index is 0.0948. The summed E-state index contributed by atoms with van der Waals surface area (Å²) in [6, 6.07) is 17.4. The molecule has 4 rings (SSSR count).